The maximum Gasteiger partial charge on any atom is 0.133 e. The Morgan fingerprint density at radius 2 is 1.86 bits per heavy atom. The third kappa shape index (κ3) is 4.31. The minimum atomic E-state index is -0.372. The SMILES string of the molecule is CCN(Cc1ccncc1)Cc1ccc(F)c(C(N)=S)c1. The summed E-state index contributed by atoms with van der Waals surface area (Å²) >= 11 is 4.87. The smallest absolute Gasteiger partial charge is 0.133 e. The number of benzene rings is 1. The van der Waals surface area contributed by atoms with E-state index in [-0.39, 0.29) is 10.8 Å². The van der Waals surface area contributed by atoms with Crippen LogP contribution >= 0.6 is 12.2 Å². The Labute approximate surface area is 129 Å². The molecule has 110 valence electrons. The van der Waals surface area contributed by atoms with Gasteiger partial charge in [0.05, 0.1) is 0 Å². The Hall–Kier alpha value is -1.85. The number of thiocarbonyl (C=S) groups is 1. The monoisotopic (exact) mass is 303 g/mol. The van der Waals surface area contributed by atoms with Crippen molar-refractivity contribution in [2.45, 2.75) is 20.0 Å². The second-order valence-corrected chi connectivity index (χ2v) is 5.28. The molecule has 1 heterocycles. The van der Waals surface area contributed by atoms with Crippen molar-refractivity contribution in [3.63, 3.8) is 0 Å². The van der Waals surface area contributed by atoms with Crippen molar-refractivity contribution in [2.24, 2.45) is 5.73 Å². The van der Waals surface area contributed by atoms with Crippen molar-refractivity contribution >= 4 is 17.2 Å². The number of hydrogen-bond acceptors (Lipinski definition) is 3. The van der Waals surface area contributed by atoms with Crippen LogP contribution < -0.4 is 5.73 Å². The van der Waals surface area contributed by atoms with Gasteiger partial charge in [0.25, 0.3) is 0 Å². The van der Waals surface area contributed by atoms with Crippen LogP contribution in [0.5, 0.6) is 0 Å². The van der Waals surface area contributed by atoms with Crippen LogP contribution in [0.3, 0.4) is 0 Å². The number of aromatic nitrogens is 1. The van der Waals surface area contributed by atoms with E-state index < -0.39 is 0 Å². The third-order valence-electron chi connectivity index (χ3n) is 3.31. The maximum absolute atomic E-state index is 13.6. The molecule has 0 amide bonds. The molecule has 0 saturated carbocycles. The highest BCUT2D eigenvalue weighted by molar-refractivity contribution is 7.80. The van der Waals surface area contributed by atoms with Crippen LogP contribution in [0.25, 0.3) is 0 Å². The van der Waals surface area contributed by atoms with E-state index in [4.69, 9.17) is 18.0 Å². The summed E-state index contributed by atoms with van der Waals surface area (Å²) in [6, 6.07) is 8.91. The van der Waals surface area contributed by atoms with Crippen LogP contribution in [-0.2, 0) is 13.1 Å². The van der Waals surface area contributed by atoms with Gasteiger partial charge >= 0.3 is 0 Å². The standard InChI is InChI=1S/C16H18FN3S/c1-2-20(10-12-5-7-19-8-6-12)11-13-3-4-15(17)14(9-13)16(18)21/h3-9H,2,10-11H2,1H3,(H2,18,21). The molecule has 0 unspecified atom stereocenters. The first-order chi connectivity index (χ1) is 10.1. The first-order valence-electron chi connectivity index (χ1n) is 6.79. The molecular weight excluding hydrogens is 285 g/mol. The number of rotatable bonds is 6. The predicted molar refractivity (Wildman–Crippen MR) is 86.3 cm³/mol. The summed E-state index contributed by atoms with van der Waals surface area (Å²) < 4.78 is 13.6. The predicted octanol–water partition coefficient (Wildman–Crippen LogP) is 2.88. The molecule has 0 spiro atoms. The molecule has 0 aliphatic rings. The lowest BCUT2D eigenvalue weighted by Crippen LogP contribution is -2.23. The highest BCUT2D eigenvalue weighted by Gasteiger charge is 2.09. The van der Waals surface area contributed by atoms with Gasteiger partial charge in [0.1, 0.15) is 10.8 Å². The zero-order chi connectivity index (χ0) is 15.2. The number of halogens is 1. The summed E-state index contributed by atoms with van der Waals surface area (Å²) in [5.41, 5.74) is 8.04. The third-order valence-corrected chi connectivity index (χ3v) is 3.53. The Bertz CT molecular complexity index is 616. The van der Waals surface area contributed by atoms with E-state index in [9.17, 15) is 4.39 Å². The molecule has 0 atom stereocenters. The van der Waals surface area contributed by atoms with Gasteiger partial charge in [-0.25, -0.2) is 4.39 Å². The zero-order valence-corrected chi connectivity index (χ0v) is 12.7. The normalized spacial score (nSPS) is 10.8. The van der Waals surface area contributed by atoms with E-state index >= 15 is 0 Å². The lowest BCUT2D eigenvalue weighted by Gasteiger charge is -2.21. The van der Waals surface area contributed by atoms with Crippen LogP contribution in [0.2, 0.25) is 0 Å². The fourth-order valence-electron chi connectivity index (χ4n) is 2.14. The minimum absolute atomic E-state index is 0.0894. The van der Waals surface area contributed by atoms with Gasteiger partial charge in [-0.1, -0.05) is 25.2 Å². The van der Waals surface area contributed by atoms with Gasteiger partial charge in [0.2, 0.25) is 0 Å². The topological polar surface area (TPSA) is 42.2 Å². The van der Waals surface area contributed by atoms with Crippen molar-refractivity contribution in [2.75, 3.05) is 6.54 Å². The lowest BCUT2D eigenvalue weighted by atomic mass is 10.1. The molecular formula is C16H18FN3S. The highest BCUT2D eigenvalue weighted by atomic mass is 32.1. The van der Waals surface area contributed by atoms with Gasteiger partial charge < -0.3 is 5.73 Å². The van der Waals surface area contributed by atoms with E-state index in [1.165, 1.54) is 11.6 Å². The lowest BCUT2D eigenvalue weighted by molar-refractivity contribution is 0.271. The van der Waals surface area contributed by atoms with Crippen molar-refractivity contribution in [3.05, 3.63) is 65.2 Å². The minimum Gasteiger partial charge on any atom is -0.389 e. The summed E-state index contributed by atoms with van der Waals surface area (Å²) in [5.74, 6) is -0.372. The summed E-state index contributed by atoms with van der Waals surface area (Å²) in [6.45, 7) is 4.52. The number of hydrogen-bond donors (Lipinski definition) is 1. The van der Waals surface area contributed by atoms with Gasteiger partial charge in [0.15, 0.2) is 0 Å². The highest BCUT2D eigenvalue weighted by Crippen LogP contribution is 2.14. The largest absolute Gasteiger partial charge is 0.389 e. The Balaban J connectivity index is 2.11. The van der Waals surface area contributed by atoms with Crippen molar-refractivity contribution < 1.29 is 4.39 Å². The summed E-state index contributed by atoms with van der Waals surface area (Å²) in [6.07, 6.45) is 3.57. The number of nitrogens with two attached hydrogens (primary N) is 1. The Kier molecular flexibility index (Phi) is 5.36. The van der Waals surface area contributed by atoms with Gasteiger partial charge in [-0.05, 0) is 41.9 Å². The average Bonchev–Trinajstić information content (AvgIpc) is 2.49. The Morgan fingerprint density at radius 3 is 2.48 bits per heavy atom. The molecule has 0 bridgehead atoms. The van der Waals surface area contributed by atoms with Crippen molar-refractivity contribution in [1.29, 1.82) is 0 Å². The molecule has 21 heavy (non-hydrogen) atoms. The van der Waals surface area contributed by atoms with Crippen LogP contribution in [0.4, 0.5) is 4.39 Å². The van der Waals surface area contributed by atoms with E-state index in [1.54, 1.807) is 24.5 Å². The first-order valence-corrected chi connectivity index (χ1v) is 7.20. The van der Waals surface area contributed by atoms with Crippen LogP contribution in [0.1, 0.15) is 23.6 Å². The molecule has 5 heteroatoms. The maximum atomic E-state index is 13.6. The van der Waals surface area contributed by atoms with Crippen LogP contribution in [0, 0.1) is 5.82 Å². The molecule has 0 fully saturated rings. The summed E-state index contributed by atoms with van der Waals surface area (Å²) in [4.78, 5) is 6.36. The van der Waals surface area contributed by atoms with E-state index in [0.717, 1.165) is 18.7 Å². The fraction of sp³-hybridized carbons (Fsp3) is 0.250. The molecule has 1 aromatic carbocycles. The number of nitrogens with zero attached hydrogens (tertiary/aromatic N) is 2. The van der Waals surface area contributed by atoms with Gasteiger partial charge in [-0.15, -0.1) is 0 Å². The fourth-order valence-corrected chi connectivity index (χ4v) is 2.30. The molecule has 2 rings (SSSR count). The average molecular weight is 303 g/mol. The summed E-state index contributed by atoms with van der Waals surface area (Å²) in [7, 11) is 0. The van der Waals surface area contributed by atoms with Gasteiger partial charge in [-0.2, -0.15) is 0 Å². The molecule has 2 aromatic rings. The second kappa shape index (κ2) is 7.24. The van der Waals surface area contributed by atoms with Gasteiger partial charge in [-0.3, -0.25) is 9.88 Å². The molecule has 3 nitrogen and oxygen atoms in total. The van der Waals surface area contributed by atoms with E-state index in [0.29, 0.717) is 12.1 Å². The van der Waals surface area contributed by atoms with E-state index in [1.807, 2.05) is 12.1 Å². The summed E-state index contributed by atoms with van der Waals surface area (Å²) in [5, 5.41) is 0. The van der Waals surface area contributed by atoms with Crippen LogP contribution in [0.15, 0.2) is 42.7 Å². The zero-order valence-electron chi connectivity index (χ0n) is 11.9. The molecule has 1 aromatic heterocycles. The second-order valence-electron chi connectivity index (χ2n) is 4.84. The number of pyridine rings is 1. The van der Waals surface area contributed by atoms with E-state index in [2.05, 4.69) is 16.8 Å². The van der Waals surface area contributed by atoms with Gasteiger partial charge in [0, 0.05) is 31.0 Å². The molecule has 0 aliphatic heterocycles. The first kappa shape index (κ1) is 15.5. The quantitative estimate of drug-likeness (QED) is 0.833. The van der Waals surface area contributed by atoms with Crippen molar-refractivity contribution in [1.82, 2.24) is 9.88 Å². The molecule has 0 aliphatic carbocycles. The molecule has 0 radical (unpaired) electrons. The van der Waals surface area contributed by atoms with Crippen molar-refractivity contribution in [3.8, 4) is 0 Å². The molecule has 0 saturated heterocycles. The molecule has 2 N–H and O–H groups in total. The van der Waals surface area contributed by atoms with Crippen LogP contribution in [-0.4, -0.2) is 21.4 Å². The Morgan fingerprint density at radius 1 is 1.19 bits per heavy atom.